The van der Waals surface area contributed by atoms with Gasteiger partial charge in [-0.15, -0.1) is 0 Å². The highest BCUT2D eigenvalue weighted by Crippen LogP contribution is 2.22. The number of anilines is 2. The first-order valence-electron chi connectivity index (χ1n) is 8.86. The predicted octanol–water partition coefficient (Wildman–Crippen LogP) is 3.86. The van der Waals surface area contributed by atoms with Gasteiger partial charge >= 0.3 is 6.03 Å². The van der Waals surface area contributed by atoms with Crippen LogP contribution in [0.5, 0.6) is 5.75 Å². The zero-order valence-corrected chi connectivity index (χ0v) is 15.1. The summed E-state index contributed by atoms with van der Waals surface area (Å²) in [6.45, 7) is 2.41. The van der Waals surface area contributed by atoms with Crippen LogP contribution >= 0.6 is 0 Å². The van der Waals surface area contributed by atoms with Gasteiger partial charge in [-0.2, -0.15) is 0 Å². The fraction of sp³-hybridized carbons (Fsp3) is 0.300. The molecule has 27 heavy (non-hydrogen) atoms. The van der Waals surface area contributed by atoms with Crippen molar-refractivity contribution in [1.29, 1.82) is 0 Å². The van der Waals surface area contributed by atoms with Crippen LogP contribution in [-0.2, 0) is 4.79 Å². The molecular formula is C20H22FN3O3. The van der Waals surface area contributed by atoms with Gasteiger partial charge in [-0.25, -0.2) is 9.18 Å². The molecule has 142 valence electrons. The maximum absolute atomic E-state index is 14.0. The summed E-state index contributed by atoms with van der Waals surface area (Å²) < 4.78 is 19.9. The summed E-state index contributed by atoms with van der Waals surface area (Å²) in [5.41, 5.74) is 0.461. The number of ether oxygens (including phenoxy) is 1. The van der Waals surface area contributed by atoms with Crippen LogP contribution in [0.3, 0.4) is 0 Å². The Balaban J connectivity index is 1.54. The quantitative estimate of drug-likeness (QED) is 0.857. The average molecular weight is 371 g/mol. The first kappa shape index (κ1) is 18.7. The van der Waals surface area contributed by atoms with E-state index in [0.29, 0.717) is 31.6 Å². The van der Waals surface area contributed by atoms with E-state index in [1.165, 1.54) is 25.1 Å². The third kappa shape index (κ3) is 5.20. The number of hydrogen-bond acceptors (Lipinski definition) is 3. The number of urea groups is 1. The Hall–Kier alpha value is -3.09. The van der Waals surface area contributed by atoms with Gasteiger partial charge in [-0.3, -0.25) is 4.79 Å². The Labute approximate surface area is 157 Å². The number of piperidine rings is 1. The van der Waals surface area contributed by atoms with Gasteiger partial charge in [-0.1, -0.05) is 18.2 Å². The summed E-state index contributed by atoms with van der Waals surface area (Å²) in [6.07, 6.45) is 1.46. The van der Waals surface area contributed by atoms with Crippen molar-refractivity contribution in [2.75, 3.05) is 23.7 Å². The number of benzene rings is 2. The Kier molecular flexibility index (Phi) is 5.90. The van der Waals surface area contributed by atoms with E-state index in [1.54, 1.807) is 4.90 Å². The number of carbonyl (C=O) groups is 2. The van der Waals surface area contributed by atoms with Gasteiger partial charge in [0.25, 0.3) is 0 Å². The van der Waals surface area contributed by atoms with Crippen molar-refractivity contribution in [2.24, 2.45) is 0 Å². The van der Waals surface area contributed by atoms with Gasteiger partial charge in [0, 0.05) is 38.5 Å². The molecule has 6 nitrogen and oxygen atoms in total. The van der Waals surface area contributed by atoms with Crippen molar-refractivity contribution in [2.45, 2.75) is 25.9 Å². The van der Waals surface area contributed by atoms with Gasteiger partial charge in [0.2, 0.25) is 5.91 Å². The Morgan fingerprint density at radius 3 is 2.44 bits per heavy atom. The summed E-state index contributed by atoms with van der Waals surface area (Å²) >= 11 is 0. The highest BCUT2D eigenvalue weighted by Gasteiger charge is 2.24. The molecule has 0 bridgehead atoms. The van der Waals surface area contributed by atoms with E-state index in [-0.39, 0.29) is 23.7 Å². The molecule has 2 N–H and O–H groups in total. The zero-order chi connectivity index (χ0) is 19.2. The second-order valence-corrected chi connectivity index (χ2v) is 6.42. The molecule has 1 aliphatic rings. The molecule has 2 aromatic rings. The summed E-state index contributed by atoms with van der Waals surface area (Å²) in [5, 5.41) is 5.15. The van der Waals surface area contributed by atoms with E-state index in [1.807, 2.05) is 30.3 Å². The molecule has 3 amide bonds. The molecule has 0 aromatic heterocycles. The number of carbonyl (C=O) groups excluding carboxylic acids is 2. The predicted molar refractivity (Wildman–Crippen MR) is 101 cm³/mol. The zero-order valence-electron chi connectivity index (χ0n) is 15.1. The minimum atomic E-state index is -0.556. The number of hydrogen-bond donors (Lipinski definition) is 2. The van der Waals surface area contributed by atoms with E-state index in [0.717, 1.165) is 5.75 Å². The molecule has 1 aliphatic heterocycles. The van der Waals surface area contributed by atoms with Crippen molar-refractivity contribution >= 4 is 23.3 Å². The van der Waals surface area contributed by atoms with E-state index in [9.17, 15) is 14.0 Å². The minimum Gasteiger partial charge on any atom is -0.490 e. The van der Waals surface area contributed by atoms with Gasteiger partial charge < -0.3 is 20.3 Å². The molecule has 0 radical (unpaired) electrons. The topological polar surface area (TPSA) is 70.7 Å². The number of amides is 3. The Bertz CT molecular complexity index is 805. The monoisotopic (exact) mass is 371 g/mol. The van der Waals surface area contributed by atoms with Crippen LogP contribution in [0.25, 0.3) is 0 Å². The van der Waals surface area contributed by atoms with Crippen LogP contribution in [0.15, 0.2) is 48.5 Å². The lowest BCUT2D eigenvalue weighted by Gasteiger charge is -2.32. The molecule has 2 aromatic carbocycles. The van der Waals surface area contributed by atoms with Crippen LogP contribution in [0.4, 0.5) is 20.6 Å². The normalized spacial score (nSPS) is 14.5. The van der Waals surface area contributed by atoms with Crippen LogP contribution in [-0.4, -0.2) is 36.0 Å². The molecule has 7 heteroatoms. The number of nitrogens with one attached hydrogen (secondary N) is 2. The van der Waals surface area contributed by atoms with Crippen LogP contribution < -0.4 is 15.4 Å². The fourth-order valence-electron chi connectivity index (χ4n) is 2.96. The lowest BCUT2D eigenvalue weighted by molar-refractivity contribution is -0.114. The molecule has 1 saturated heterocycles. The molecule has 3 rings (SSSR count). The van der Waals surface area contributed by atoms with E-state index < -0.39 is 5.82 Å². The molecule has 1 heterocycles. The lowest BCUT2D eigenvalue weighted by Crippen LogP contribution is -2.43. The molecular weight excluding hydrogens is 349 g/mol. The SMILES string of the molecule is CC(=O)Nc1ccc(F)c(NC(=O)N2CCC(Oc3ccccc3)CC2)c1. The summed E-state index contributed by atoms with van der Waals surface area (Å²) in [4.78, 5) is 25.2. The van der Waals surface area contributed by atoms with Crippen LogP contribution in [0.1, 0.15) is 19.8 Å². The van der Waals surface area contributed by atoms with Crippen molar-refractivity contribution < 1.29 is 18.7 Å². The molecule has 0 saturated carbocycles. The average Bonchev–Trinajstić information content (AvgIpc) is 2.65. The maximum atomic E-state index is 14.0. The van der Waals surface area contributed by atoms with E-state index >= 15 is 0 Å². The molecule has 0 spiro atoms. The van der Waals surface area contributed by atoms with Crippen molar-refractivity contribution in [3.8, 4) is 5.75 Å². The van der Waals surface area contributed by atoms with E-state index in [4.69, 9.17) is 4.74 Å². The number of halogens is 1. The number of likely N-dealkylation sites (tertiary alicyclic amines) is 1. The van der Waals surface area contributed by atoms with Gasteiger partial charge in [-0.05, 0) is 30.3 Å². The fourth-order valence-corrected chi connectivity index (χ4v) is 2.96. The van der Waals surface area contributed by atoms with Crippen molar-refractivity contribution in [1.82, 2.24) is 4.90 Å². The van der Waals surface area contributed by atoms with Crippen molar-refractivity contribution in [3.63, 3.8) is 0 Å². The summed E-state index contributed by atoms with van der Waals surface area (Å²) in [5.74, 6) is -0.00335. The number of nitrogens with zero attached hydrogens (tertiary/aromatic N) is 1. The van der Waals surface area contributed by atoms with Gasteiger partial charge in [0.1, 0.15) is 17.7 Å². The first-order chi connectivity index (χ1) is 13.0. The van der Waals surface area contributed by atoms with Crippen LogP contribution in [0, 0.1) is 5.82 Å². The Morgan fingerprint density at radius 2 is 1.78 bits per heavy atom. The highest BCUT2D eigenvalue weighted by atomic mass is 19.1. The third-order valence-corrected chi connectivity index (χ3v) is 4.30. The maximum Gasteiger partial charge on any atom is 0.321 e. The molecule has 0 aliphatic carbocycles. The van der Waals surface area contributed by atoms with Gasteiger partial charge in [0.15, 0.2) is 0 Å². The van der Waals surface area contributed by atoms with Crippen LogP contribution in [0.2, 0.25) is 0 Å². The number of rotatable bonds is 4. The largest absolute Gasteiger partial charge is 0.490 e. The summed E-state index contributed by atoms with van der Waals surface area (Å²) in [6, 6.07) is 13.3. The molecule has 0 atom stereocenters. The second kappa shape index (κ2) is 8.53. The smallest absolute Gasteiger partial charge is 0.321 e. The third-order valence-electron chi connectivity index (χ3n) is 4.30. The second-order valence-electron chi connectivity index (χ2n) is 6.42. The van der Waals surface area contributed by atoms with E-state index in [2.05, 4.69) is 10.6 Å². The molecule has 1 fully saturated rings. The standard InChI is InChI=1S/C20H22FN3O3/c1-14(25)22-15-7-8-18(21)19(13-15)23-20(26)24-11-9-17(10-12-24)27-16-5-3-2-4-6-16/h2-8,13,17H,9-12H2,1H3,(H,22,25)(H,23,26). The molecule has 0 unspecified atom stereocenters. The number of para-hydroxylation sites is 1. The lowest BCUT2D eigenvalue weighted by atomic mass is 10.1. The first-order valence-corrected chi connectivity index (χ1v) is 8.86. The van der Waals surface area contributed by atoms with Gasteiger partial charge in [0.05, 0.1) is 5.69 Å². The van der Waals surface area contributed by atoms with Crippen molar-refractivity contribution in [3.05, 3.63) is 54.3 Å². The minimum absolute atomic E-state index is 0.0360. The Morgan fingerprint density at radius 1 is 1.07 bits per heavy atom. The summed E-state index contributed by atoms with van der Waals surface area (Å²) in [7, 11) is 0. The highest BCUT2D eigenvalue weighted by molar-refractivity contribution is 5.92.